The quantitative estimate of drug-likeness (QED) is 0.558. The van der Waals surface area contributed by atoms with E-state index in [1.165, 1.54) is 17.8 Å². The largest absolute Gasteiger partial charge is 0.496 e. The Morgan fingerprint density at radius 2 is 1.83 bits per heavy atom. The van der Waals surface area contributed by atoms with Crippen LogP contribution < -0.4 is 9.64 Å². The van der Waals surface area contributed by atoms with E-state index in [1.807, 2.05) is 35.2 Å². The third-order valence-corrected chi connectivity index (χ3v) is 5.69. The zero-order valence-corrected chi connectivity index (χ0v) is 17.3. The summed E-state index contributed by atoms with van der Waals surface area (Å²) in [4.78, 5) is 16.3. The number of halogens is 1. The maximum Gasteiger partial charge on any atom is 0.277 e. The molecule has 9 heteroatoms. The van der Waals surface area contributed by atoms with Crippen LogP contribution in [0.15, 0.2) is 58.2 Å². The summed E-state index contributed by atoms with van der Waals surface area (Å²) in [6.45, 7) is 2.28. The number of hydrogen-bond acceptors (Lipinski definition) is 7. The number of piperazine rings is 1. The van der Waals surface area contributed by atoms with Crippen LogP contribution in [0.2, 0.25) is 0 Å². The minimum Gasteiger partial charge on any atom is -0.496 e. The molecule has 156 valence electrons. The highest BCUT2D eigenvalue weighted by Crippen LogP contribution is 2.30. The van der Waals surface area contributed by atoms with E-state index in [1.54, 1.807) is 24.1 Å². The van der Waals surface area contributed by atoms with Crippen molar-refractivity contribution in [3.05, 3.63) is 54.3 Å². The Kier molecular flexibility index (Phi) is 6.18. The molecule has 0 bridgehead atoms. The van der Waals surface area contributed by atoms with Crippen molar-refractivity contribution in [2.75, 3.05) is 43.9 Å². The second-order valence-electron chi connectivity index (χ2n) is 6.68. The van der Waals surface area contributed by atoms with E-state index in [9.17, 15) is 9.18 Å². The number of carbonyl (C=O) groups is 1. The predicted molar refractivity (Wildman–Crippen MR) is 112 cm³/mol. The van der Waals surface area contributed by atoms with Crippen molar-refractivity contribution in [3.8, 4) is 17.2 Å². The number of thioether (sulfide) groups is 1. The van der Waals surface area contributed by atoms with Gasteiger partial charge in [-0.25, -0.2) is 4.39 Å². The Bertz CT molecular complexity index is 1020. The summed E-state index contributed by atoms with van der Waals surface area (Å²) in [5, 5.41) is 8.40. The van der Waals surface area contributed by atoms with Crippen molar-refractivity contribution in [1.82, 2.24) is 15.1 Å². The normalized spacial score (nSPS) is 14.1. The van der Waals surface area contributed by atoms with Gasteiger partial charge in [-0.3, -0.25) is 4.79 Å². The van der Waals surface area contributed by atoms with Crippen molar-refractivity contribution in [2.45, 2.75) is 5.22 Å². The third-order valence-electron chi connectivity index (χ3n) is 4.89. The summed E-state index contributed by atoms with van der Waals surface area (Å²) in [5.74, 6) is 0.940. The number of nitrogens with zero attached hydrogens (tertiary/aromatic N) is 4. The van der Waals surface area contributed by atoms with Crippen molar-refractivity contribution >= 4 is 23.4 Å². The molecule has 7 nitrogen and oxygen atoms in total. The Labute approximate surface area is 177 Å². The standard InChI is InChI=1S/C21H21FN4O3S/c1-28-18-9-5-2-6-15(18)20-23-24-21(29-20)30-14-19(27)26-12-10-25(11-13-26)17-8-4-3-7-16(17)22/h2-9H,10-14H2,1H3. The number of hydrogen-bond donors (Lipinski definition) is 0. The van der Waals surface area contributed by atoms with Crippen molar-refractivity contribution in [3.63, 3.8) is 0 Å². The lowest BCUT2D eigenvalue weighted by atomic mass is 10.2. The molecule has 0 radical (unpaired) electrons. The molecule has 30 heavy (non-hydrogen) atoms. The van der Waals surface area contributed by atoms with E-state index in [0.29, 0.717) is 54.3 Å². The first-order chi connectivity index (χ1) is 14.7. The lowest BCUT2D eigenvalue weighted by molar-refractivity contribution is -0.128. The van der Waals surface area contributed by atoms with Gasteiger partial charge in [0.1, 0.15) is 11.6 Å². The van der Waals surface area contributed by atoms with E-state index in [2.05, 4.69) is 10.2 Å². The van der Waals surface area contributed by atoms with Gasteiger partial charge in [-0.2, -0.15) is 0 Å². The van der Waals surface area contributed by atoms with Gasteiger partial charge in [0.05, 0.1) is 24.1 Å². The molecule has 0 atom stereocenters. The van der Waals surface area contributed by atoms with Crippen molar-refractivity contribution in [2.24, 2.45) is 0 Å². The number of ether oxygens (including phenoxy) is 1. The van der Waals surface area contributed by atoms with Crippen molar-refractivity contribution in [1.29, 1.82) is 0 Å². The van der Waals surface area contributed by atoms with Gasteiger partial charge in [-0.15, -0.1) is 10.2 Å². The third kappa shape index (κ3) is 4.40. The van der Waals surface area contributed by atoms with E-state index >= 15 is 0 Å². The Morgan fingerprint density at radius 3 is 2.60 bits per heavy atom. The SMILES string of the molecule is COc1ccccc1-c1nnc(SCC(=O)N2CCN(c3ccccc3F)CC2)o1. The van der Waals surface area contributed by atoms with Gasteiger partial charge in [0.25, 0.3) is 11.1 Å². The van der Waals surface area contributed by atoms with Crippen LogP contribution in [0.1, 0.15) is 0 Å². The molecule has 0 unspecified atom stereocenters. The fourth-order valence-corrected chi connectivity index (χ4v) is 3.98. The van der Waals surface area contributed by atoms with Gasteiger partial charge in [0.15, 0.2) is 0 Å². The first-order valence-corrected chi connectivity index (χ1v) is 10.5. The van der Waals surface area contributed by atoms with Gasteiger partial charge in [-0.05, 0) is 24.3 Å². The Hall–Kier alpha value is -3.07. The number of methoxy groups -OCH3 is 1. The van der Waals surface area contributed by atoms with Gasteiger partial charge < -0.3 is 19.0 Å². The number of aromatic nitrogens is 2. The zero-order valence-electron chi connectivity index (χ0n) is 16.5. The van der Waals surface area contributed by atoms with Crippen LogP contribution in [-0.2, 0) is 4.79 Å². The molecule has 1 aromatic heterocycles. The average molecular weight is 428 g/mol. The first-order valence-electron chi connectivity index (χ1n) is 9.52. The Balaban J connectivity index is 1.31. The monoisotopic (exact) mass is 428 g/mol. The van der Waals surface area contributed by atoms with Gasteiger partial charge in [0, 0.05) is 26.2 Å². The van der Waals surface area contributed by atoms with Gasteiger partial charge in [0.2, 0.25) is 5.91 Å². The first kappa shape index (κ1) is 20.2. The average Bonchev–Trinajstić information content (AvgIpc) is 3.27. The molecule has 1 saturated heterocycles. The molecule has 1 aliphatic rings. The zero-order chi connectivity index (χ0) is 20.9. The molecule has 0 N–H and O–H groups in total. The molecule has 1 amide bonds. The second-order valence-corrected chi connectivity index (χ2v) is 7.61. The van der Waals surface area contributed by atoms with E-state index in [0.717, 1.165) is 0 Å². The highest BCUT2D eigenvalue weighted by molar-refractivity contribution is 7.99. The Morgan fingerprint density at radius 1 is 1.10 bits per heavy atom. The molecule has 0 aliphatic carbocycles. The second kappa shape index (κ2) is 9.17. The molecule has 2 heterocycles. The fraction of sp³-hybridized carbons (Fsp3) is 0.286. The lowest BCUT2D eigenvalue weighted by Crippen LogP contribution is -2.49. The number of carbonyl (C=O) groups excluding carboxylic acids is 1. The smallest absolute Gasteiger partial charge is 0.277 e. The summed E-state index contributed by atoms with van der Waals surface area (Å²) in [6, 6.07) is 14.1. The minimum absolute atomic E-state index is 0.00905. The maximum absolute atomic E-state index is 14.0. The van der Waals surface area contributed by atoms with Crippen LogP contribution in [0.3, 0.4) is 0 Å². The summed E-state index contributed by atoms with van der Waals surface area (Å²) >= 11 is 1.20. The minimum atomic E-state index is -0.241. The summed E-state index contributed by atoms with van der Waals surface area (Å²) in [7, 11) is 1.58. The highest BCUT2D eigenvalue weighted by atomic mass is 32.2. The molecule has 1 aliphatic heterocycles. The van der Waals surface area contributed by atoms with E-state index in [-0.39, 0.29) is 17.5 Å². The summed E-state index contributed by atoms with van der Waals surface area (Å²) < 4.78 is 24.9. The maximum atomic E-state index is 14.0. The van der Waals surface area contributed by atoms with E-state index in [4.69, 9.17) is 9.15 Å². The molecular formula is C21H21FN4O3S. The van der Waals surface area contributed by atoms with Crippen LogP contribution in [0.25, 0.3) is 11.5 Å². The van der Waals surface area contributed by atoms with Crippen LogP contribution >= 0.6 is 11.8 Å². The van der Waals surface area contributed by atoms with Crippen LogP contribution in [-0.4, -0.2) is 60.0 Å². The van der Waals surface area contributed by atoms with Gasteiger partial charge in [-0.1, -0.05) is 36.0 Å². The predicted octanol–water partition coefficient (Wildman–Crippen LogP) is 3.33. The molecule has 0 spiro atoms. The lowest BCUT2D eigenvalue weighted by Gasteiger charge is -2.36. The van der Waals surface area contributed by atoms with E-state index < -0.39 is 0 Å². The molecular weight excluding hydrogens is 407 g/mol. The molecule has 0 saturated carbocycles. The number of amides is 1. The number of anilines is 1. The number of para-hydroxylation sites is 2. The van der Waals surface area contributed by atoms with Crippen LogP contribution in [0.5, 0.6) is 5.75 Å². The highest BCUT2D eigenvalue weighted by Gasteiger charge is 2.23. The topological polar surface area (TPSA) is 71.7 Å². The number of benzene rings is 2. The molecule has 4 rings (SSSR count). The van der Waals surface area contributed by atoms with Crippen LogP contribution in [0, 0.1) is 5.82 Å². The van der Waals surface area contributed by atoms with Gasteiger partial charge >= 0.3 is 0 Å². The molecule has 3 aromatic rings. The number of rotatable bonds is 6. The van der Waals surface area contributed by atoms with Crippen LogP contribution in [0.4, 0.5) is 10.1 Å². The molecule has 1 fully saturated rings. The van der Waals surface area contributed by atoms with Crippen molar-refractivity contribution < 1.29 is 18.3 Å². The summed E-state index contributed by atoms with van der Waals surface area (Å²) in [5.41, 5.74) is 1.28. The summed E-state index contributed by atoms with van der Waals surface area (Å²) in [6.07, 6.45) is 0. The molecule has 2 aromatic carbocycles. The fourth-order valence-electron chi connectivity index (χ4n) is 3.32.